The van der Waals surface area contributed by atoms with Crippen LogP contribution in [-0.2, 0) is 9.59 Å². The van der Waals surface area contributed by atoms with Gasteiger partial charge in [0.2, 0.25) is 5.91 Å². The van der Waals surface area contributed by atoms with Crippen molar-refractivity contribution in [3.8, 4) is 6.07 Å². The Hall–Kier alpha value is -1.75. The molecule has 2 rings (SSSR count). The van der Waals surface area contributed by atoms with E-state index in [4.69, 9.17) is 0 Å². The SMILES string of the molecule is CC(C)C(C)(C#N)NC(=O)CN1C(=O)NC2(CCSCC2)C1=O. The highest BCUT2D eigenvalue weighted by molar-refractivity contribution is 7.99. The Morgan fingerprint density at radius 3 is 2.61 bits per heavy atom. The predicted octanol–water partition coefficient (Wildman–Crippen LogP) is 0.858. The van der Waals surface area contributed by atoms with E-state index in [9.17, 15) is 19.6 Å². The Bertz CT molecular complexity index is 566. The first-order valence-electron chi connectivity index (χ1n) is 7.68. The molecule has 8 heteroatoms. The van der Waals surface area contributed by atoms with Gasteiger partial charge in [0.1, 0.15) is 17.6 Å². The third-order valence-corrected chi connectivity index (χ3v) is 5.67. The molecule has 0 bridgehead atoms. The van der Waals surface area contributed by atoms with Crippen molar-refractivity contribution in [1.29, 1.82) is 5.26 Å². The van der Waals surface area contributed by atoms with Crippen LogP contribution in [0.3, 0.4) is 0 Å². The zero-order valence-corrected chi connectivity index (χ0v) is 14.5. The van der Waals surface area contributed by atoms with Crippen LogP contribution in [0, 0.1) is 17.2 Å². The van der Waals surface area contributed by atoms with Gasteiger partial charge in [0.25, 0.3) is 5.91 Å². The predicted molar refractivity (Wildman–Crippen MR) is 86.5 cm³/mol. The lowest BCUT2D eigenvalue weighted by molar-refractivity contribution is -0.135. The number of carbonyl (C=O) groups excluding carboxylic acids is 3. The number of hydrogen-bond acceptors (Lipinski definition) is 5. The molecule has 2 N–H and O–H groups in total. The maximum absolute atomic E-state index is 12.6. The molecule has 1 atom stereocenters. The third-order valence-electron chi connectivity index (χ3n) is 4.68. The molecule has 0 aromatic rings. The van der Waals surface area contributed by atoms with Crippen molar-refractivity contribution in [2.45, 2.75) is 44.7 Å². The molecule has 0 aliphatic carbocycles. The molecule has 0 aromatic heterocycles. The summed E-state index contributed by atoms with van der Waals surface area (Å²) < 4.78 is 0. The average Bonchev–Trinajstić information content (AvgIpc) is 2.72. The van der Waals surface area contributed by atoms with Gasteiger partial charge in [0.15, 0.2) is 0 Å². The van der Waals surface area contributed by atoms with Gasteiger partial charge < -0.3 is 10.6 Å². The number of nitriles is 1. The maximum Gasteiger partial charge on any atom is 0.325 e. The smallest absolute Gasteiger partial charge is 0.325 e. The Kier molecular flexibility index (Phi) is 4.90. The molecule has 2 saturated heterocycles. The van der Waals surface area contributed by atoms with Crippen LogP contribution in [0.15, 0.2) is 0 Å². The molecule has 23 heavy (non-hydrogen) atoms. The summed E-state index contributed by atoms with van der Waals surface area (Å²) >= 11 is 1.75. The fourth-order valence-electron chi connectivity index (χ4n) is 2.65. The number of urea groups is 1. The number of rotatable bonds is 4. The van der Waals surface area contributed by atoms with E-state index in [1.807, 2.05) is 13.8 Å². The van der Waals surface area contributed by atoms with Gasteiger partial charge in [-0.1, -0.05) is 13.8 Å². The van der Waals surface area contributed by atoms with Crippen molar-refractivity contribution in [3.05, 3.63) is 0 Å². The van der Waals surface area contributed by atoms with Gasteiger partial charge in [0.05, 0.1) is 6.07 Å². The minimum absolute atomic E-state index is 0.0960. The van der Waals surface area contributed by atoms with Crippen molar-refractivity contribution in [2.75, 3.05) is 18.1 Å². The number of nitrogens with zero attached hydrogens (tertiary/aromatic N) is 2. The van der Waals surface area contributed by atoms with Gasteiger partial charge in [-0.25, -0.2) is 4.79 Å². The number of amides is 4. The van der Waals surface area contributed by atoms with Crippen molar-refractivity contribution < 1.29 is 14.4 Å². The summed E-state index contributed by atoms with van der Waals surface area (Å²) in [5.74, 6) is 0.688. The van der Waals surface area contributed by atoms with Crippen molar-refractivity contribution in [1.82, 2.24) is 15.5 Å². The lowest BCUT2D eigenvalue weighted by Crippen LogP contribution is -2.53. The quantitative estimate of drug-likeness (QED) is 0.740. The Morgan fingerprint density at radius 2 is 2.09 bits per heavy atom. The highest BCUT2D eigenvalue weighted by atomic mass is 32.2. The van der Waals surface area contributed by atoms with Gasteiger partial charge in [-0.15, -0.1) is 0 Å². The summed E-state index contributed by atoms with van der Waals surface area (Å²) in [6.45, 7) is 4.92. The number of hydrogen-bond donors (Lipinski definition) is 2. The summed E-state index contributed by atoms with van der Waals surface area (Å²) in [7, 11) is 0. The monoisotopic (exact) mass is 338 g/mol. The van der Waals surface area contributed by atoms with Gasteiger partial charge in [-0.3, -0.25) is 14.5 Å². The van der Waals surface area contributed by atoms with E-state index in [1.165, 1.54) is 0 Å². The highest BCUT2D eigenvalue weighted by Crippen LogP contribution is 2.32. The standard InChI is InChI=1S/C15H22N4O3S/c1-10(2)14(3,9-16)17-11(20)8-19-12(21)15(18-13(19)22)4-6-23-7-5-15/h10H,4-8H2,1-3H3,(H,17,20)(H,18,22). The minimum atomic E-state index is -1.03. The molecule has 2 fully saturated rings. The van der Waals surface area contributed by atoms with Crippen molar-refractivity contribution >= 4 is 29.6 Å². The molecule has 4 amide bonds. The molecular formula is C15H22N4O3S. The Labute approximate surface area is 140 Å². The molecule has 0 aromatic carbocycles. The lowest BCUT2D eigenvalue weighted by Gasteiger charge is -2.30. The average molecular weight is 338 g/mol. The number of imide groups is 1. The van der Waals surface area contributed by atoms with Crippen LogP contribution in [0.25, 0.3) is 0 Å². The maximum atomic E-state index is 12.6. The third kappa shape index (κ3) is 3.29. The summed E-state index contributed by atoms with van der Waals surface area (Å²) in [5, 5.41) is 14.6. The van der Waals surface area contributed by atoms with Crippen LogP contribution in [0.2, 0.25) is 0 Å². The van der Waals surface area contributed by atoms with E-state index < -0.39 is 23.0 Å². The molecule has 1 spiro atoms. The summed E-state index contributed by atoms with van der Waals surface area (Å²) in [6.07, 6.45) is 1.17. The molecule has 0 radical (unpaired) electrons. The van der Waals surface area contributed by atoms with Gasteiger partial charge in [-0.2, -0.15) is 17.0 Å². The van der Waals surface area contributed by atoms with Crippen LogP contribution in [-0.4, -0.2) is 51.9 Å². The van der Waals surface area contributed by atoms with E-state index in [-0.39, 0.29) is 18.4 Å². The molecule has 2 aliphatic heterocycles. The lowest BCUT2D eigenvalue weighted by atomic mass is 9.90. The van der Waals surface area contributed by atoms with E-state index in [2.05, 4.69) is 16.7 Å². The van der Waals surface area contributed by atoms with Gasteiger partial charge in [-0.05, 0) is 37.2 Å². The Balaban J connectivity index is 2.05. The fourth-order valence-corrected chi connectivity index (χ4v) is 3.84. The normalized spacial score (nSPS) is 22.7. The second-order valence-corrected chi connectivity index (χ2v) is 7.76. The van der Waals surface area contributed by atoms with Crippen LogP contribution < -0.4 is 10.6 Å². The molecular weight excluding hydrogens is 316 g/mol. The minimum Gasteiger partial charge on any atom is -0.336 e. The number of thioether (sulfide) groups is 1. The van der Waals surface area contributed by atoms with Crippen LogP contribution in [0.5, 0.6) is 0 Å². The van der Waals surface area contributed by atoms with Gasteiger partial charge >= 0.3 is 6.03 Å². The number of nitrogens with one attached hydrogen (secondary N) is 2. The molecule has 126 valence electrons. The first kappa shape index (κ1) is 17.6. The van der Waals surface area contributed by atoms with Crippen molar-refractivity contribution in [3.63, 3.8) is 0 Å². The molecule has 2 heterocycles. The first-order chi connectivity index (χ1) is 10.7. The van der Waals surface area contributed by atoms with Crippen molar-refractivity contribution in [2.24, 2.45) is 5.92 Å². The largest absolute Gasteiger partial charge is 0.336 e. The van der Waals surface area contributed by atoms with Gasteiger partial charge in [0, 0.05) is 0 Å². The summed E-state index contributed by atoms with van der Waals surface area (Å²) in [6, 6.07) is 1.55. The summed E-state index contributed by atoms with van der Waals surface area (Å²) in [5.41, 5.74) is -1.88. The van der Waals surface area contributed by atoms with Crippen LogP contribution in [0.1, 0.15) is 33.6 Å². The van der Waals surface area contributed by atoms with E-state index in [0.717, 1.165) is 16.4 Å². The van der Waals surface area contributed by atoms with E-state index in [1.54, 1.807) is 18.7 Å². The molecule has 7 nitrogen and oxygen atoms in total. The highest BCUT2D eigenvalue weighted by Gasteiger charge is 2.52. The first-order valence-corrected chi connectivity index (χ1v) is 8.84. The van der Waals surface area contributed by atoms with Crippen LogP contribution >= 0.6 is 11.8 Å². The number of carbonyl (C=O) groups is 3. The van der Waals surface area contributed by atoms with Crippen LogP contribution in [0.4, 0.5) is 4.79 Å². The summed E-state index contributed by atoms with van der Waals surface area (Å²) in [4.78, 5) is 37.9. The second kappa shape index (κ2) is 6.40. The molecule has 2 aliphatic rings. The molecule has 0 saturated carbocycles. The van der Waals surface area contributed by atoms with E-state index in [0.29, 0.717) is 12.8 Å². The second-order valence-electron chi connectivity index (χ2n) is 6.53. The Morgan fingerprint density at radius 1 is 1.48 bits per heavy atom. The zero-order valence-electron chi connectivity index (χ0n) is 13.6. The molecule has 1 unspecified atom stereocenters. The van der Waals surface area contributed by atoms with E-state index >= 15 is 0 Å². The fraction of sp³-hybridized carbons (Fsp3) is 0.733. The zero-order chi connectivity index (χ0) is 17.3. The topological polar surface area (TPSA) is 102 Å².